The largest absolute Gasteiger partial charge is 0.399 e. The van der Waals surface area contributed by atoms with E-state index >= 15 is 0 Å². The summed E-state index contributed by atoms with van der Waals surface area (Å²) in [7, 11) is 0. The zero-order chi connectivity index (χ0) is 14.4. The van der Waals surface area contributed by atoms with Crippen molar-refractivity contribution in [3.8, 4) is 0 Å². The molecule has 7 nitrogen and oxygen atoms in total. The Balaban J connectivity index is 1.89. The molecule has 110 valence electrons. The van der Waals surface area contributed by atoms with Crippen molar-refractivity contribution in [1.29, 1.82) is 0 Å². The summed E-state index contributed by atoms with van der Waals surface area (Å²) in [6.45, 7) is 0. The zero-order valence-corrected chi connectivity index (χ0v) is 10.8. The van der Waals surface area contributed by atoms with Crippen molar-refractivity contribution in [2.45, 2.75) is 43.8 Å². The van der Waals surface area contributed by atoms with Crippen LogP contribution in [0.25, 0.3) is 0 Å². The second-order valence-corrected chi connectivity index (χ2v) is 5.35. The third kappa shape index (κ3) is 2.08. The van der Waals surface area contributed by atoms with Crippen LogP contribution in [0.3, 0.4) is 0 Å². The average molecular weight is 281 g/mol. The van der Waals surface area contributed by atoms with Crippen LogP contribution in [0, 0.1) is 0 Å². The van der Waals surface area contributed by atoms with E-state index in [0.29, 0.717) is 29.7 Å². The molecule has 20 heavy (non-hydrogen) atoms. The Labute approximate surface area is 116 Å². The van der Waals surface area contributed by atoms with E-state index < -0.39 is 31.0 Å². The second kappa shape index (κ2) is 4.96. The van der Waals surface area contributed by atoms with Crippen LogP contribution in [0.15, 0.2) is 18.2 Å². The van der Waals surface area contributed by atoms with Gasteiger partial charge in [-0.15, -0.1) is 0 Å². The number of hydrogen-bond acceptors (Lipinski definition) is 7. The summed E-state index contributed by atoms with van der Waals surface area (Å²) in [6, 6.07) is 4.48. The highest BCUT2D eigenvalue weighted by Gasteiger charge is 2.44. The molecular formula is C13H19N3O4. The number of rotatable bonds is 1. The van der Waals surface area contributed by atoms with Crippen LogP contribution in [0.4, 0.5) is 5.69 Å². The molecule has 0 radical (unpaired) electrons. The highest BCUT2D eigenvalue weighted by Crippen LogP contribution is 2.43. The first-order valence-corrected chi connectivity index (χ1v) is 6.64. The normalized spacial score (nSPS) is 37.9. The Kier molecular flexibility index (Phi) is 3.41. The summed E-state index contributed by atoms with van der Waals surface area (Å²) in [5.41, 5.74) is 7.35. The number of anilines is 1. The number of piperidine rings is 1. The van der Waals surface area contributed by atoms with Gasteiger partial charge in [-0.1, -0.05) is 6.07 Å². The Morgan fingerprint density at radius 2 is 1.75 bits per heavy atom. The number of nitrogen functional groups attached to an aromatic ring is 1. The number of hydrogen-bond donors (Lipinski definition) is 6. The lowest BCUT2D eigenvalue weighted by atomic mass is 10.0. The van der Waals surface area contributed by atoms with Crippen molar-refractivity contribution in [2.24, 2.45) is 0 Å². The highest BCUT2D eigenvalue weighted by molar-refractivity contribution is 5.48. The van der Waals surface area contributed by atoms with Crippen LogP contribution < -0.4 is 11.1 Å². The van der Waals surface area contributed by atoms with E-state index in [1.165, 1.54) is 4.90 Å². The first-order valence-electron chi connectivity index (χ1n) is 6.64. The molecule has 2 aliphatic rings. The maximum absolute atomic E-state index is 10.4. The van der Waals surface area contributed by atoms with Gasteiger partial charge in [0.2, 0.25) is 0 Å². The van der Waals surface area contributed by atoms with Gasteiger partial charge >= 0.3 is 0 Å². The fourth-order valence-corrected chi connectivity index (χ4v) is 3.06. The summed E-state index contributed by atoms with van der Waals surface area (Å²) < 4.78 is 0. The molecule has 0 saturated carbocycles. The van der Waals surface area contributed by atoms with E-state index in [9.17, 15) is 20.4 Å². The van der Waals surface area contributed by atoms with E-state index in [-0.39, 0.29) is 0 Å². The number of aliphatic hydroxyl groups excluding tert-OH is 4. The molecule has 0 aliphatic carbocycles. The smallest absolute Gasteiger partial charge is 0.136 e. The van der Waals surface area contributed by atoms with E-state index in [2.05, 4.69) is 5.32 Å². The van der Waals surface area contributed by atoms with Crippen LogP contribution in [-0.2, 0) is 0 Å². The molecule has 7 N–H and O–H groups in total. The minimum absolute atomic E-state index is 0.441. The van der Waals surface area contributed by atoms with Crippen LogP contribution in [0.5, 0.6) is 0 Å². The van der Waals surface area contributed by atoms with Gasteiger partial charge < -0.3 is 26.2 Å². The molecule has 2 aliphatic heterocycles. The standard InChI is InChI=1S/C13H19N3O4/c14-6-1-2-7-8(5-6)13(20)16(12(7)19)9-3-4-10(17)15-11(9)18/h1-2,5,9-13,15,17-20H,3-4,14H2. The Hall–Kier alpha value is -1.22. The van der Waals surface area contributed by atoms with E-state index in [0.717, 1.165) is 0 Å². The SMILES string of the molecule is Nc1ccc2c(c1)C(O)N(C1CCC(O)NC1O)C2O. The molecule has 5 unspecified atom stereocenters. The lowest BCUT2D eigenvalue weighted by molar-refractivity contribution is -0.159. The minimum atomic E-state index is -1.03. The van der Waals surface area contributed by atoms with Crippen LogP contribution in [-0.4, -0.2) is 43.8 Å². The Bertz CT molecular complexity index is 512. The lowest BCUT2D eigenvalue weighted by Gasteiger charge is -2.40. The van der Waals surface area contributed by atoms with Crippen molar-refractivity contribution in [1.82, 2.24) is 10.2 Å². The van der Waals surface area contributed by atoms with Gasteiger partial charge in [-0.25, -0.2) is 4.90 Å². The van der Waals surface area contributed by atoms with Crippen LogP contribution >= 0.6 is 0 Å². The number of nitrogens with one attached hydrogen (secondary N) is 1. The van der Waals surface area contributed by atoms with Gasteiger partial charge in [0, 0.05) is 16.8 Å². The predicted octanol–water partition coefficient (Wildman–Crippen LogP) is -1.05. The summed E-state index contributed by atoms with van der Waals surface area (Å²) in [4.78, 5) is 1.44. The first kappa shape index (κ1) is 13.7. The van der Waals surface area contributed by atoms with E-state index in [1.54, 1.807) is 18.2 Å². The molecule has 2 heterocycles. The van der Waals surface area contributed by atoms with Gasteiger partial charge in [0.1, 0.15) is 24.9 Å². The van der Waals surface area contributed by atoms with Crippen molar-refractivity contribution < 1.29 is 20.4 Å². The number of nitrogens with zero attached hydrogens (tertiary/aromatic N) is 1. The molecule has 0 amide bonds. The third-order valence-corrected chi connectivity index (χ3v) is 4.08. The Morgan fingerprint density at radius 1 is 1.05 bits per heavy atom. The van der Waals surface area contributed by atoms with Gasteiger partial charge in [0.05, 0.1) is 6.04 Å². The quantitative estimate of drug-likeness (QED) is 0.363. The minimum Gasteiger partial charge on any atom is -0.399 e. The number of benzene rings is 1. The molecule has 0 bridgehead atoms. The number of fused-ring (bicyclic) bond motifs is 1. The second-order valence-electron chi connectivity index (χ2n) is 5.35. The Morgan fingerprint density at radius 3 is 2.45 bits per heavy atom. The number of nitrogens with two attached hydrogens (primary N) is 1. The van der Waals surface area contributed by atoms with Gasteiger partial charge in [0.25, 0.3) is 0 Å². The van der Waals surface area contributed by atoms with E-state index in [4.69, 9.17) is 5.73 Å². The van der Waals surface area contributed by atoms with Crippen molar-refractivity contribution >= 4 is 5.69 Å². The van der Waals surface area contributed by atoms with Crippen LogP contribution in [0.1, 0.15) is 36.4 Å². The summed E-state index contributed by atoms with van der Waals surface area (Å²) in [5.74, 6) is 0. The summed E-state index contributed by atoms with van der Waals surface area (Å²) >= 11 is 0. The lowest BCUT2D eigenvalue weighted by Crippen LogP contribution is -2.57. The zero-order valence-electron chi connectivity index (χ0n) is 10.8. The molecule has 1 aromatic rings. The third-order valence-electron chi connectivity index (χ3n) is 4.08. The predicted molar refractivity (Wildman–Crippen MR) is 70.8 cm³/mol. The van der Waals surface area contributed by atoms with Gasteiger partial charge in [0.15, 0.2) is 0 Å². The van der Waals surface area contributed by atoms with Crippen molar-refractivity contribution in [3.63, 3.8) is 0 Å². The first-order chi connectivity index (χ1) is 9.49. The molecule has 7 heteroatoms. The summed E-state index contributed by atoms with van der Waals surface area (Å²) in [6.07, 6.45) is -2.91. The van der Waals surface area contributed by atoms with Crippen LogP contribution in [0.2, 0.25) is 0 Å². The van der Waals surface area contributed by atoms with Crippen molar-refractivity contribution in [3.05, 3.63) is 29.3 Å². The molecule has 0 spiro atoms. The molecule has 0 aromatic heterocycles. The topological polar surface area (TPSA) is 122 Å². The highest BCUT2D eigenvalue weighted by atomic mass is 16.3. The fraction of sp³-hybridized carbons (Fsp3) is 0.538. The molecule has 5 atom stereocenters. The van der Waals surface area contributed by atoms with Gasteiger partial charge in [-0.2, -0.15) is 0 Å². The maximum Gasteiger partial charge on any atom is 0.136 e. The fourth-order valence-electron chi connectivity index (χ4n) is 3.06. The van der Waals surface area contributed by atoms with Crippen molar-refractivity contribution in [2.75, 3.05) is 5.73 Å². The van der Waals surface area contributed by atoms with Gasteiger partial charge in [-0.05, 0) is 25.0 Å². The van der Waals surface area contributed by atoms with Gasteiger partial charge in [-0.3, -0.25) is 5.32 Å². The monoisotopic (exact) mass is 281 g/mol. The molecule has 1 aromatic carbocycles. The molecular weight excluding hydrogens is 262 g/mol. The maximum atomic E-state index is 10.4. The summed E-state index contributed by atoms with van der Waals surface area (Å²) in [5, 5.41) is 42.8. The number of aliphatic hydroxyl groups is 4. The molecule has 3 rings (SSSR count). The molecule has 1 fully saturated rings. The van der Waals surface area contributed by atoms with E-state index in [1.807, 2.05) is 0 Å². The molecule has 1 saturated heterocycles. The average Bonchev–Trinajstić information content (AvgIpc) is 2.63.